The van der Waals surface area contributed by atoms with Gasteiger partial charge in [0.25, 0.3) is 11.8 Å². The Morgan fingerprint density at radius 3 is 2.67 bits per heavy atom. The summed E-state index contributed by atoms with van der Waals surface area (Å²) in [5, 5.41) is 0. The van der Waals surface area contributed by atoms with Crippen molar-refractivity contribution >= 4 is 17.9 Å². The second-order valence-corrected chi connectivity index (χ2v) is 5.37. The van der Waals surface area contributed by atoms with Gasteiger partial charge in [0.15, 0.2) is 0 Å². The quantitative estimate of drug-likeness (QED) is 0.497. The van der Waals surface area contributed by atoms with Crippen LogP contribution in [0.3, 0.4) is 0 Å². The molecule has 4 N–H and O–H groups in total. The van der Waals surface area contributed by atoms with Gasteiger partial charge in [0.2, 0.25) is 0 Å². The largest absolute Gasteiger partial charge is 0.465 e. The Hall–Kier alpha value is -2.90. The van der Waals surface area contributed by atoms with E-state index < -0.39 is 11.9 Å². The van der Waals surface area contributed by atoms with E-state index in [4.69, 9.17) is 4.42 Å². The van der Waals surface area contributed by atoms with Crippen LogP contribution in [0.1, 0.15) is 23.8 Å². The van der Waals surface area contributed by atoms with E-state index in [0.29, 0.717) is 12.2 Å². The van der Waals surface area contributed by atoms with Crippen LogP contribution < -0.4 is 21.7 Å². The highest BCUT2D eigenvalue weighted by molar-refractivity contribution is 5.93. The highest BCUT2D eigenvalue weighted by Gasteiger charge is 2.30. The highest BCUT2D eigenvalue weighted by atomic mass is 16.3. The molecule has 0 radical (unpaired) electrons. The molecule has 1 fully saturated rings. The van der Waals surface area contributed by atoms with E-state index in [9.17, 15) is 9.59 Å². The van der Waals surface area contributed by atoms with E-state index in [1.54, 1.807) is 12.1 Å². The van der Waals surface area contributed by atoms with Crippen LogP contribution in [-0.4, -0.2) is 17.9 Å². The van der Waals surface area contributed by atoms with Crippen LogP contribution in [0.15, 0.2) is 59.2 Å². The molecule has 2 heterocycles. The molecule has 0 spiro atoms. The van der Waals surface area contributed by atoms with Crippen molar-refractivity contribution in [2.24, 2.45) is 0 Å². The van der Waals surface area contributed by atoms with Gasteiger partial charge >= 0.3 is 0 Å². The smallest absolute Gasteiger partial charge is 0.262 e. The van der Waals surface area contributed by atoms with Crippen LogP contribution >= 0.6 is 0 Å². The second kappa shape index (κ2) is 7.58. The monoisotopic (exact) mass is 326 g/mol. The van der Waals surface area contributed by atoms with Gasteiger partial charge in [-0.15, -0.1) is 0 Å². The van der Waals surface area contributed by atoms with E-state index in [0.717, 1.165) is 5.56 Å². The summed E-state index contributed by atoms with van der Waals surface area (Å²) in [6.07, 6.45) is 4.91. The summed E-state index contributed by atoms with van der Waals surface area (Å²) >= 11 is 0. The Bertz CT molecular complexity index is 713. The Kier molecular flexibility index (Phi) is 5.05. The third kappa shape index (κ3) is 4.09. The molecular formula is C17H18N4O3. The Morgan fingerprint density at radius 2 is 1.92 bits per heavy atom. The number of hydrazine groups is 2. The van der Waals surface area contributed by atoms with Crippen molar-refractivity contribution in [3.8, 4) is 0 Å². The second-order valence-electron chi connectivity index (χ2n) is 5.37. The maximum absolute atomic E-state index is 12.1. The number of amides is 2. The molecule has 1 aliphatic heterocycles. The summed E-state index contributed by atoms with van der Waals surface area (Å²) in [6.45, 7) is 0. The first-order valence-corrected chi connectivity index (χ1v) is 7.60. The Morgan fingerprint density at radius 1 is 1.08 bits per heavy atom. The molecule has 1 aromatic carbocycles. The summed E-state index contributed by atoms with van der Waals surface area (Å²) in [4.78, 5) is 23.7. The number of carbonyl (C=O) groups excluding carboxylic acids is 2. The van der Waals surface area contributed by atoms with Crippen LogP contribution in [-0.2, 0) is 9.59 Å². The fourth-order valence-electron chi connectivity index (χ4n) is 2.43. The third-order valence-electron chi connectivity index (χ3n) is 3.67. The molecule has 2 unspecified atom stereocenters. The van der Waals surface area contributed by atoms with Gasteiger partial charge in [-0.25, -0.2) is 10.9 Å². The van der Waals surface area contributed by atoms with E-state index in [1.165, 1.54) is 18.4 Å². The molecule has 1 aliphatic rings. The summed E-state index contributed by atoms with van der Waals surface area (Å²) in [6, 6.07) is 12.9. The molecule has 124 valence electrons. The molecule has 1 aromatic heterocycles. The topological polar surface area (TPSA) is 95.4 Å². The van der Waals surface area contributed by atoms with Gasteiger partial charge < -0.3 is 4.42 Å². The SMILES string of the molecule is O=C(/C=C/c1ccco1)NNC(=O)C1CC(c2ccccc2)NN1. The van der Waals surface area contributed by atoms with Gasteiger partial charge in [-0.1, -0.05) is 30.3 Å². The fourth-order valence-corrected chi connectivity index (χ4v) is 2.43. The molecule has 24 heavy (non-hydrogen) atoms. The van der Waals surface area contributed by atoms with Crippen molar-refractivity contribution in [2.75, 3.05) is 0 Å². The molecule has 0 saturated carbocycles. The average molecular weight is 326 g/mol. The lowest BCUT2D eigenvalue weighted by atomic mass is 10.0. The number of rotatable bonds is 4. The van der Waals surface area contributed by atoms with Crippen molar-refractivity contribution in [1.29, 1.82) is 0 Å². The predicted molar refractivity (Wildman–Crippen MR) is 87.9 cm³/mol. The van der Waals surface area contributed by atoms with Crippen molar-refractivity contribution in [3.63, 3.8) is 0 Å². The minimum Gasteiger partial charge on any atom is -0.465 e. The van der Waals surface area contributed by atoms with E-state index in [1.807, 2.05) is 30.3 Å². The maximum atomic E-state index is 12.1. The number of nitrogens with one attached hydrogen (secondary N) is 4. The molecule has 3 rings (SSSR count). The van der Waals surface area contributed by atoms with Gasteiger partial charge in [0.1, 0.15) is 11.8 Å². The van der Waals surface area contributed by atoms with E-state index >= 15 is 0 Å². The summed E-state index contributed by atoms with van der Waals surface area (Å²) < 4.78 is 5.07. The van der Waals surface area contributed by atoms with Crippen molar-refractivity contribution in [2.45, 2.75) is 18.5 Å². The average Bonchev–Trinajstić information content (AvgIpc) is 3.30. The maximum Gasteiger partial charge on any atom is 0.262 e. The number of hydrogen-bond donors (Lipinski definition) is 4. The minimum atomic E-state index is -0.440. The molecule has 2 atom stereocenters. The van der Waals surface area contributed by atoms with Crippen LogP contribution in [0.25, 0.3) is 6.08 Å². The van der Waals surface area contributed by atoms with Gasteiger partial charge in [-0.05, 0) is 30.2 Å². The molecule has 2 amide bonds. The number of furan rings is 1. The van der Waals surface area contributed by atoms with Gasteiger partial charge in [0.05, 0.1) is 6.26 Å². The lowest BCUT2D eigenvalue weighted by Gasteiger charge is -2.10. The van der Waals surface area contributed by atoms with Crippen molar-refractivity contribution in [3.05, 3.63) is 66.1 Å². The lowest BCUT2D eigenvalue weighted by molar-refractivity contribution is -0.128. The predicted octanol–water partition coefficient (Wildman–Crippen LogP) is 1.05. The van der Waals surface area contributed by atoms with Crippen LogP contribution in [0, 0.1) is 0 Å². The fraction of sp³-hybridized carbons (Fsp3) is 0.176. The number of carbonyl (C=O) groups is 2. The third-order valence-corrected chi connectivity index (χ3v) is 3.67. The molecule has 0 bridgehead atoms. The first kappa shape index (κ1) is 16.0. The van der Waals surface area contributed by atoms with E-state index in [-0.39, 0.29) is 11.9 Å². The first-order valence-electron chi connectivity index (χ1n) is 7.60. The van der Waals surface area contributed by atoms with Crippen LogP contribution in [0.5, 0.6) is 0 Å². The zero-order chi connectivity index (χ0) is 16.8. The molecule has 2 aromatic rings. The van der Waals surface area contributed by atoms with Gasteiger partial charge in [0, 0.05) is 12.1 Å². The molecule has 1 saturated heterocycles. The minimum absolute atomic E-state index is 0.0523. The van der Waals surface area contributed by atoms with Gasteiger partial charge in [-0.2, -0.15) is 0 Å². The molecular weight excluding hydrogens is 308 g/mol. The molecule has 0 aliphatic carbocycles. The lowest BCUT2D eigenvalue weighted by Crippen LogP contribution is -2.49. The number of hydrogen-bond acceptors (Lipinski definition) is 5. The van der Waals surface area contributed by atoms with Gasteiger partial charge in [-0.3, -0.25) is 20.4 Å². The first-order chi connectivity index (χ1) is 11.7. The zero-order valence-electron chi connectivity index (χ0n) is 12.9. The summed E-state index contributed by atoms with van der Waals surface area (Å²) in [5.41, 5.74) is 11.9. The van der Waals surface area contributed by atoms with E-state index in [2.05, 4.69) is 21.7 Å². The Labute approximate surface area is 139 Å². The summed E-state index contributed by atoms with van der Waals surface area (Å²) in [7, 11) is 0. The van der Waals surface area contributed by atoms with Crippen LogP contribution in [0.4, 0.5) is 0 Å². The van der Waals surface area contributed by atoms with Crippen molar-refractivity contribution in [1.82, 2.24) is 21.7 Å². The highest BCUT2D eigenvalue weighted by Crippen LogP contribution is 2.21. The molecule has 7 heteroatoms. The van der Waals surface area contributed by atoms with Crippen molar-refractivity contribution < 1.29 is 14.0 Å². The Balaban J connectivity index is 1.45. The number of benzene rings is 1. The summed E-state index contributed by atoms with van der Waals surface area (Å²) in [5.74, 6) is -0.185. The standard InChI is InChI=1S/C17H18N4O3/c22-16(9-8-13-7-4-10-24-13)20-21-17(23)15-11-14(18-19-15)12-5-2-1-3-6-12/h1-10,14-15,18-19H,11H2,(H,20,22)(H,21,23)/b9-8+. The van der Waals surface area contributed by atoms with Crippen LogP contribution in [0.2, 0.25) is 0 Å². The molecule has 7 nitrogen and oxygen atoms in total. The normalized spacial score (nSPS) is 20.2. The zero-order valence-corrected chi connectivity index (χ0v) is 12.9.